The molecular formula is C24H24FN3O4S. The number of nitrogens with one attached hydrogen (secondary N) is 1. The predicted molar refractivity (Wildman–Crippen MR) is 125 cm³/mol. The van der Waals surface area contributed by atoms with E-state index in [1.54, 1.807) is 49.1 Å². The Morgan fingerprint density at radius 3 is 2.73 bits per heavy atom. The summed E-state index contributed by atoms with van der Waals surface area (Å²) in [6, 6.07) is 11.9. The van der Waals surface area contributed by atoms with E-state index in [2.05, 4.69) is 10.3 Å². The van der Waals surface area contributed by atoms with Crippen molar-refractivity contribution in [3.63, 3.8) is 0 Å². The van der Waals surface area contributed by atoms with Crippen LogP contribution in [0.4, 0.5) is 10.2 Å². The first-order valence-electron chi connectivity index (χ1n) is 10.5. The van der Waals surface area contributed by atoms with Gasteiger partial charge in [0, 0.05) is 25.1 Å². The molecule has 0 spiro atoms. The maximum atomic E-state index is 14.0. The van der Waals surface area contributed by atoms with E-state index in [4.69, 9.17) is 9.47 Å². The first kappa shape index (κ1) is 22.8. The number of hydrogen-bond donors (Lipinski definition) is 1. The van der Waals surface area contributed by atoms with Crippen molar-refractivity contribution in [2.24, 2.45) is 7.05 Å². The van der Waals surface area contributed by atoms with Crippen LogP contribution in [0.1, 0.15) is 36.0 Å². The third-order valence-corrected chi connectivity index (χ3v) is 6.58. The van der Waals surface area contributed by atoms with Gasteiger partial charge < -0.3 is 19.4 Å². The van der Waals surface area contributed by atoms with E-state index >= 15 is 0 Å². The zero-order valence-electron chi connectivity index (χ0n) is 18.6. The van der Waals surface area contributed by atoms with E-state index in [0.717, 1.165) is 5.56 Å². The Kier molecular flexibility index (Phi) is 6.69. The average molecular weight is 470 g/mol. The Bertz CT molecular complexity index is 1260. The summed E-state index contributed by atoms with van der Waals surface area (Å²) in [5.41, 5.74) is 1.27. The number of hydrogen-bond acceptors (Lipinski definition) is 6. The lowest BCUT2D eigenvalue weighted by Crippen LogP contribution is -2.33. The van der Waals surface area contributed by atoms with Gasteiger partial charge in [-0.2, -0.15) is 4.98 Å². The van der Waals surface area contributed by atoms with Crippen LogP contribution in [0.3, 0.4) is 0 Å². The largest absolute Gasteiger partial charge is 0.493 e. The van der Waals surface area contributed by atoms with Gasteiger partial charge in [-0.1, -0.05) is 36.0 Å². The number of aromatic nitrogens is 2. The summed E-state index contributed by atoms with van der Waals surface area (Å²) >= 11 is 1.24. The van der Waals surface area contributed by atoms with Crippen molar-refractivity contribution in [3.05, 3.63) is 75.3 Å². The van der Waals surface area contributed by atoms with Gasteiger partial charge in [0.25, 0.3) is 5.56 Å². The summed E-state index contributed by atoms with van der Waals surface area (Å²) in [4.78, 5) is 29.9. The van der Waals surface area contributed by atoms with Crippen molar-refractivity contribution in [1.29, 1.82) is 0 Å². The maximum absolute atomic E-state index is 14.0. The molecule has 1 aliphatic rings. The molecule has 1 amide bonds. The minimum atomic E-state index is -0.477. The van der Waals surface area contributed by atoms with E-state index in [9.17, 15) is 14.0 Å². The summed E-state index contributed by atoms with van der Waals surface area (Å²) in [6.07, 6.45) is 0.114. The van der Waals surface area contributed by atoms with Gasteiger partial charge in [0.1, 0.15) is 11.6 Å². The number of carbonyl (C=O) groups is 1. The second-order valence-corrected chi connectivity index (χ2v) is 8.49. The van der Waals surface area contributed by atoms with Crippen LogP contribution < -0.4 is 20.3 Å². The molecule has 172 valence electrons. The van der Waals surface area contributed by atoms with Crippen LogP contribution in [0.2, 0.25) is 0 Å². The van der Waals surface area contributed by atoms with Gasteiger partial charge >= 0.3 is 0 Å². The molecule has 2 heterocycles. The van der Waals surface area contributed by atoms with Gasteiger partial charge in [0.05, 0.1) is 19.3 Å². The molecule has 3 aromatic rings. The standard InChI is InChI=1S/C24H24FN3O4S/c1-4-32-18-10-9-14(11-19(18)31-3)16-12-20(29)26-22-21(16)23(30)27-24(28(22)2)33-13-15-7-5-6-8-17(15)25/h5-11,16H,4,12-13H2,1-3H3,(H,26,29). The van der Waals surface area contributed by atoms with Crippen molar-refractivity contribution in [3.8, 4) is 11.5 Å². The normalized spacial score (nSPS) is 15.0. The summed E-state index contributed by atoms with van der Waals surface area (Å²) in [6.45, 7) is 2.37. The zero-order valence-corrected chi connectivity index (χ0v) is 19.4. The van der Waals surface area contributed by atoms with Crippen LogP contribution in [0, 0.1) is 5.82 Å². The molecule has 2 aromatic carbocycles. The topological polar surface area (TPSA) is 82.5 Å². The number of nitrogens with zero attached hydrogens (tertiary/aromatic N) is 2. The summed E-state index contributed by atoms with van der Waals surface area (Å²) in [5.74, 6) is 0.839. The van der Waals surface area contributed by atoms with E-state index in [-0.39, 0.29) is 18.1 Å². The number of methoxy groups -OCH3 is 1. The zero-order chi connectivity index (χ0) is 23.5. The van der Waals surface area contributed by atoms with Crippen LogP contribution in [0.5, 0.6) is 11.5 Å². The van der Waals surface area contributed by atoms with Crippen LogP contribution in [0.25, 0.3) is 0 Å². The smallest absolute Gasteiger partial charge is 0.279 e. The van der Waals surface area contributed by atoms with Crippen LogP contribution >= 0.6 is 11.8 Å². The Morgan fingerprint density at radius 1 is 1.21 bits per heavy atom. The van der Waals surface area contributed by atoms with Crippen molar-refractivity contribution >= 4 is 23.5 Å². The molecule has 33 heavy (non-hydrogen) atoms. The van der Waals surface area contributed by atoms with Crippen LogP contribution in [0.15, 0.2) is 52.4 Å². The average Bonchev–Trinajstić information content (AvgIpc) is 2.81. The van der Waals surface area contributed by atoms with Crippen molar-refractivity contribution in [1.82, 2.24) is 9.55 Å². The molecule has 0 radical (unpaired) electrons. The third-order valence-electron chi connectivity index (χ3n) is 5.51. The van der Waals surface area contributed by atoms with E-state index in [0.29, 0.717) is 46.0 Å². The Labute approximate surface area is 194 Å². The summed E-state index contributed by atoms with van der Waals surface area (Å²) in [7, 11) is 3.28. The number of fused-ring (bicyclic) bond motifs is 1. The fourth-order valence-corrected chi connectivity index (χ4v) is 4.83. The first-order valence-corrected chi connectivity index (χ1v) is 11.5. The number of halogens is 1. The van der Waals surface area contributed by atoms with Gasteiger partial charge in [-0.15, -0.1) is 0 Å². The van der Waals surface area contributed by atoms with Crippen molar-refractivity contribution in [2.75, 3.05) is 19.0 Å². The van der Waals surface area contributed by atoms with Gasteiger partial charge in [-0.05, 0) is 36.2 Å². The third kappa shape index (κ3) is 4.59. The number of ether oxygens (including phenoxy) is 2. The number of anilines is 1. The molecular weight excluding hydrogens is 445 g/mol. The minimum absolute atomic E-state index is 0.114. The molecule has 0 aliphatic carbocycles. The first-order chi connectivity index (χ1) is 15.9. The molecule has 4 rings (SSSR count). The second kappa shape index (κ2) is 9.66. The van der Waals surface area contributed by atoms with Crippen molar-refractivity contribution < 1.29 is 18.7 Å². The Balaban J connectivity index is 1.72. The van der Waals surface area contributed by atoms with Gasteiger partial charge in [0.2, 0.25) is 5.91 Å². The fourth-order valence-electron chi connectivity index (χ4n) is 3.88. The van der Waals surface area contributed by atoms with Crippen LogP contribution in [-0.4, -0.2) is 29.2 Å². The lowest BCUT2D eigenvalue weighted by Gasteiger charge is -2.28. The highest BCUT2D eigenvalue weighted by molar-refractivity contribution is 7.98. The van der Waals surface area contributed by atoms with Gasteiger partial charge in [-0.3, -0.25) is 9.59 Å². The van der Waals surface area contributed by atoms with Gasteiger partial charge in [0.15, 0.2) is 16.7 Å². The lowest BCUT2D eigenvalue weighted by atomic mass is 9.86. The number of benzene rings is 2. The van der Waals surface area contributed by atoms with Crippen molar-refractivity contribution in [2.45, 2.75) is 30.2 Å². The Hall–Kier alpha value is -3.33. The highest BCUT2D eigenvalue weighted by atomic mass is 32.2. The molecule has 1 atom stereocenters. The molecule has 0 saturated carbocycles. The second-order valence-electron chi connectivity index (χ2n) is 7.55. The quantitative estimate of drug-likeness (QED) is 0.415. The molecule has 1 aliphatic heterocycles. The van der Waals surface area contributed by atoms with E-state index < -0.39 is 11.5 Å². The van der Waals surface area contributed by atoms with E-state index in [1.807, 2.05) is 13.0 Å². The maximum Gasteiger partial charge on any atom is 0.279 e. The summed E-state index contributed by atoms with van der Waals surface area (Å²) in [5, 5.41) is 3.22. The fraction of sp³-hybridized carbons (Fsp3) is 0.292. The molecule has 1 unspecified atom stereocenters. The minimum Gasteiger partial charge on any atom is -0.493 e. The molecule has 7 nitrogen and oxygen atoms in total. The highest BCUT2D eigenvalue weighted by Gasteiger charge is 2.32. The van der Waals surface area contributed by atoms with Crippen LogP contribution in [-0.2, 0) is 17.6 Å². The SMILES string of the molecule is CCOc1ccc(C2CC(=O)Nc3c2c(=O)nc(SCc2ccccc2F)n3C)cc1OC. The molecule has 1 aromatic heterocycles. The van der Waals surface area contributed by atoms with E-state index in [1.165, 1.54) is 17.8 Å². The molecule has 0 saturated heterocycles. The number of thioether (sulfide) groups is 1. The number of rotatable bonds is 7. The molecule has 0 bridgehead atoms. The Morgan fingerprint density at radius 2 is 2.00 bits per heavy atom. The molecule has 9 heteroatoms. The predicted octanol–water partition coefficient (Wildman–Crippen LogP) is 4.09. The monoisotopic (exact) mass is 469 g/mol. The molecule has 1 N–H and O–H groups in total. The lowest BCUT2D eigenvalue weighted by molar-refractivity contribution is -0.116. The highest BCUT2D eigenvalue weighted by Crippen LogP contribution is 2.39. The number of amides is 1. The summed E-state index contributed by atoms with van der Waals surface area (Å²) < 4.78 is 26.7. The van der Waals surface area contributed by atoms with Gasteiger partial charge in [-0.25, -0.2) is 4.39 Å². The number of carbonyl (C=O) groups excluding carboxylic acids is 1. The molecule has 0 fully saturated rings.